The van der Waals surface area contributed by atoms with Gasteiger partial charge < -0.3 is 30.9 Å². The molecule has 13 nitrogen and oxygen atoms in total. The SMILES string of the molecule is COc1cc(N2CCC(N3CCN(C)CC3)CC2)c(CCCNC(=O)CCc2ccc(Nc3nc(Cl)ncc3Br)c(N(C)S(C)(=O)=O)c2)cc1N. The second kappa shape index (κ2) is 17.4. The average Bonchev–Trinajstić information content (AvgIpc) is 3.11. The lowest BCUT2D eigenvalue weighted by atomic mass is 9.99. The number of aryl methyl sites for hydroxylation is 2. The van der Waals surface area contributed by atoms with Crippen molar-refractivity contribution in [2.24, 2.45) is 0 Å². The van der Waals surface area contributed by atoms with Crippen molar-refractivity contribution in [1.82, 2.24) is 25.1 Å². The number of hydrogen-bond donors (Lipinski definition) is 3. The number of likely N-dealkylation sites (N-methyl/N-ethyl adjacent to an activating group) is 1. The number of ether oxygens (including phenoxy) is 1. The van der Waals surface area contributed by atoms with E-state index in [1.807, 2.05) is 12.1 Å². The predicted molar refractivity (Wildman–Crippen MR) is 209 cm³/mol. The summed E-state index contributed by atoms with van der Waals surface area (Å²) >= 11 is 9.37. The van der Waals surface area contributed by atoms with Crippen LogP contribution >= 0.6 is 27.5 Å². The molecule has 2 aromatic carbocycles. The number of nitrogens with two attached hydrogens (primary N) is 1. The van der Waals surface area contributed by atoms with Crippen LogP contribution in [0.15, 0.2) is 41.0 Å². The van der Waals surface area contributed by atoms with Crippen molar-refractivity contribution in [2.75, 3.05) is 93.5 Å². The van der Waals surface area contributed by atoms with Crippen molar-refractivity contribution in [3.05, 3.63) is 57.4 Å². The highest BCUT2D eigenvalue weighted by molar-refractivity contribution is 9.10. The fraction of sp³-hybridized carbons (Fsp3) is 0.514. The van der Waals surface area contributed by atoms with Crippen LogP contribution in [0, 0.1) is 0 Å². The third-order valence-corrected chi connectivity index (χ3v) is 11.7. The molecule has 0 unspecified atom stereocenters. The lowest BCUT2D eigenvalue weighted by Gasteiger charge is -2.43. The van der Waals surface area contributed by atoms with Gasteiger partial charge in [-0.2, -0.15) is 4.98 Å². The van der Waals surface area contributed by atoms with Crippen molar-refractivity contribution >= 4 is 72.0 Å². The first-order valence-electron chi connectivity index (χ1n) is 17.2. The zero-order valence-corrected chi connectivity index (χ0v) is 33.0. The maximum atomic E-state index is 12.9. The van der Waals surface area contributed by atoms with Gasteiger partial charge in [-0.3, -0.25) is 14.0 Å². The van der Waals surface area contributed by atoms with E-state index < -0.39 is 10.0 Å². The third kappa shape index (κ3) is 10.4. The van der Waals surface area contributed by atoms with Gasteiger partial charge >= 0.3 is 0 Å². The lowest BCUT2D eigenvalue weighted by Crippen LogP contribution is -2.52. The number of halogens is 2. The summed E-state index contributed by atoms with van der Waals surface area (Å²) in [6.07, 6.45) is 7.12. The molecule has 0 atom stereocenters. The van der Waals surface area contributed by atoms with Crippen molar-refractivity contribution in [2.45, 2.75) is 44.6 Å². The van der Waals surface area contributed by atoms with Gasteiger partial charge in [0.1, 0.15) is 11.6 Å². The first-order valence-corrected chi connectivity index (χ1v) is 20.3. The van der Waals surface area contributed by atoms with E-state index in [1.165, 1.54) is 17.5 Å². The monoisotopic (exact) mass is 805 g/mol. The summed E-state index contributed by atoms with van der Waals surface area (Å²) in [5.41, 5.74) is 11.0. The number of carbonyl (C=O) groups is 1. The van der Waals surface area contributed by atoms with Crippen LogP contribution < -0.4 is 30.3 Å². The number of amides is 1. The highest BCUT2D eigenvalue weighted by Crippen LogP contribution is 2.35. The molecular weight excluding hydrogens is 758 g/mol. The Kier molecular flexibility index (Phi) is 13.3. The number of piperazine rings is 1. The van der Waals surface area contributed by atoms with Crippen LogP contribution in [0.2, 0.25) is 5.28 Å². The number of nitrogen functional groups attached to an aromatic ring is 1. The topological polar surface area (TPSA) is 149 Å². The Balaban J connectivity index is 1.16. The zero-order valence-electron chi connectivity index (χ0n) is 29.8. The van der Waals surface area contributed by atoms with Gasteiger partial charge in [0.05, 0.1) is 34.9 Å². The fourth-order valence-corrected chi connectivity index (χ4v) is 7.59. The first kappa shape index (κ1) is 38.9. The number of piperidine rings is 1. The molecule has 278 valence electrons. The van der Waals surface area contributed by atoms with Gasteiger partial charge in [-0.1, -0.05) is 6.07 Å². The zero-order chi connectivity index (χ0) is 36.7. The number of carbonyl (C=O) groups excluding carboxylic acids is 1. The number of rotatable bonds is 14. The number of benzene rings is 2. The molecule has 3 aromatic rings. The largest absolute Gasteiger partial charge is 0.495 e. The molecule has 16 heteroatoms. The van der Waals surface area contributed by atoms with Crippen molar-refractivity contribution < 1.29 is 17.9 Å². The van der Waals surface area contributed by atoms with Gasteiger partial charge in [-0.15, -0.1) is 0 Å². The van der Waals surface area contributed by atoms with E-state index in [2.05, 4.69) is 64.3 Å². The van der Waals surface area contributed by atoms with E-state index in [0.29, 0.717) is 52.1 Å². The highest BCUT2D eigenvalue weighted by Gasteiger charge is 2.28. The molecule has 2 aliphatic rings. The molecule has 5 rings (SSSR count). The summed E-state index contributed by atoms with van der Waals surface area (Å²) in [5, 5.41) is 6.24. The van der Waals surface area contributed by atoms with E-state index in [9.17, 15) is 13.2 Å². The van der Waals surface area contributed by atoms with E-state index in [4.69, 9.17) is 22.1 Å². The number of sulfonamides is 1. The second-order valence-corrected chi connectivity index (χ2v) is 16.5. The van der Waals surface area contributed by atoms with Gasteiger partial charge in [-0.05, 0) is 96.0 Å². The van der Waals surface area contributed by atoms with Gasteiger partial charge in [0.15, 0.2) is 0 Å². The van der Waals surface area contributed by atoms with Gasteiger partial charge in [0, 0.05) is 83.3 Å². The Morgan fingerprint density at radius 2 is 1.84 bits per heavy atom. The quantitative estimate of drug-likeness (QED) is 0.120. The summed E-state index contributed by atoms with van der Waals surface area (Å²) in [4.78, 5) is 28.5. The second-order valence-electron chi connectivity index (χ2n) is 13.3. The highest BCUT2D eigenvalue weighted by atomic mass is 79.9. The summed E-state index contributed by atoms with van der Waals surface area (Å²) in [5.74, 6) is 1.000. The summed E-state index contributed by atoms with van der Waals surface area (Å²) in [6, 6.07) is 10.1. The Morgan fingerprint density at radius 1 is 1.12 bits per heavy atom. The molecular formula is C35H49BrClN9O4S. The molecule has 2 fully saturated rings. The number of nitrogens with one attached hydrogen (secondary N) is 2. The average molecular weight is 807 g/mol. The van der Waals surface area contributed by atoms with Gasteiger partial charge in [0.25, 0.3) is 0 Å². The smallest absolute Gasteiger partial charge is 0.232 e. The minimum Gasteiger partial charge on any atom is -0.495 e. The first-order chi connectivity index (χ1) is 24.3. The minimum atomic E-state index is -3.58. The molecule has 4 N–H and O–H groups in total. The Bertz CT molecular complexity index is 1780. The van der Waals surface area contributed by atoms with Crippen molar-refractivity contribution in [1.29, 1.82) is 0 Å². The van der Waals surface area contributed by atoms with Crippen LogP contribution in [0.25, 0.3) is 0 Å². The Hall–Kier alpha value is -3.37. The number of aromatic nitrogens is 2. The number of nitrogens with zero attached hydrogens (tertiary/aromatic N) is 6. The number of hydrogen-bond acceptors (Lipinski definition) is 11. The van der Waals surface area contributed by atoms with Crippen molar-refractivity contribution in [3.8, 4) is 5.75 Å². The van der Waals surface area contributed by atoms with E-state index in [-0.39, 0.29) is 17.6 Å². The third-order valence-electron chi connectivity index (χ3n) is 9.74. The summed E-state index contributed by atoms with van der Waals surface area (Å²) in [6.45, 7) is 7.03. The molecule has 2 aliphatic heterocycles. The molecule has 0 aliphatic carbocycles. The number of anilines is 5. The summed E-state index contributed by atoms with van der Waals surface area (Å²) in [7, 11) is 1.74. The minimum absolute atomic E-state index is 0.0479. The van der Waals surface area contributed by atoms with E-state index in [0.717, 1.165) is 88.0 Å². The van der Waals surface area contributed by atoms with Crippen LogP contribution in [0.5, 0.6) is 5.75 Å². The molecule has 51 heavy (non-hydrogen) atoms. The van der Waals surface area contributed by atoms with Crippen LogP contribution in [0.1, 0.15) is 36.8 Å². The van der Waals surface area contributed by atoms with E-state index in [1.54, 1.807) is 19.2 Å². The molecule has 1 amide bonds. The molecule has 2 saturated heterocycles. The van der Waals surface area contributed by atoms with Crippen LogP contribution in [-0.2, 0) is 27.7 Å². The van der Waals surface area contributed by atoms with E-state index >= 15 is 0 Å². The maximum absolute atomic E-state index is 12.9. The Labute approximate surface area is 315 Å². The maximum Gasteiger partial charge on any atom is 0.232 e. The lowest BCUT2D eigenvalue weighted by molar-refractivity contribution is -0.121. The molecule has 3 heterocycles. The molecule has 0 radical (unpaired) electrons. The molecule has 1 aromatic heterocycles. The van der Waals surface area contributed by atoms with Crippen LogP contribution in [0.4, 0.5) is 28.6 Å². The molecule has 0 saturated carbocycles. The number of methoxy groups -OCH3 is 1. The predicted octanol–water partition coefficient (Wildman–Crippen LogP) is 4.52. The van der Waals surface area contributed by atoms with Crippen molar-refractivity contribution in [3.63, 3.8) is 0 Å². The molecule has 0 bridgehead atoms. The Morgan fingerprint density at radius 3 is 2.53 bits per heavy atom. The normalized spacial score (nSPS) is 16.2. The standard InChI is InChI=1S/C35H49BrClN9O4S/c1-43-16-18-45(19-17-43)26-11-14-46(15-12-26)30-22-32(50-3)28(38)21-25(30)6-5-13-39-33(47)10-8-24-7-9-29(31(20-24)44(2)51(4,48)49)41-34-27(36)23-40-35(37)42-34/h7,9,20-23,26H,5-6,8,10-19,38H2,1-4H3,(H,39,47)(H,40,41,42). The fourth-order valence-electron chi connectivity index (χ4n) is 6.65. The summed E-state index contributed by atoms with van der Waals surface area (Å²) < 4.78 is 32.3. The van der Waals surface area contributed by atoms with Crippen LogP contribution in [-0.4, -0.2) is 113 Å². The van der Waals surface area contributed by atoms with Gasteiger partial charge in [-0.25, -0.2) is 13.4 Å². The van der Waals surface area contributed by atoms with Gasteiger partial charge in [0.2, 0.25) is 21.2 Å². The van der Waals surface area contributed by atoms with Crippen LogP contribution in [0.3, 0.4) is 0 Å². The molecule has 0 spiro atoms.